The van der Waals surface area contributed by atoms with Crippen LogP contribution in [0.25, 0.3) is 0 Å². The number of pyridine rings is 1. The summed E-state index contributed by atoms with van der Waals surface area (Å²) in [4.78, 5) is 27.5. The molecule has 8 heteroatoms. The van der Waals surface area contributed by atoms with Crippen LogP contribution >= 0.6 is 11.6 Å². The number of halogens is 1. The Balaban J connectivity index is 3.26. The zero-order valence-corrected chi connectivity index (χ0v) is 11.2. The van der Waals surface area contributed by atoms with Crippen molar-refractivity contribution < 1.29 is 19.8 Å². The second-order valence-corrected chi connectivity index (χ2v) is 3.96. The van der Waals surface area contributed by atoms with Gasteiger partial charge in [0.25, 0.3) is 0 Å². The number of aromatic nitrogens is 1. The molecule has 0 aliphatic heterocycles. The van der Waals surface area contributed by atoms with Crippen molar-refractivity contribution in [3.05, 3.63) is 17.2 Å². The van der Waals surface area contributed by atoms with E-state index in [-0.39, 0.29) is 29.7 Å². The SMILES string of the molecule is CCN(C(=O)[O-])c1cc(Cl)cc(N(CC)C(=O)[O-])n1. The Morgan fingerprint density at radius 3 is 1.74 bits per heavy atom. The first-order valence-electron chi connectivity index (χ1n) is 5.55. The number of rotatable bonds is 4. The third-order valence-corrected chi connectivity index (χ3v) is 2.61. The van der Waals surface area contributed by atoms with Gasteiger partial charge in [0, 0.05) is 18.1 Å². The number of carboxylic acid groups (broad SMARTS) is 2. The maximum Gasteiger partial charge on any atom is 0.142 e. The third-order valence-electron chi connectivity index (χ3n) is 2.39. The summed E-state index contributed by atoms with van der Waals surface area (Å²) >= 11 is 5.84. The van der Waals surface area contributed by atoms with Crippen LogP contribution in [0.2, 0.25) is 5.02 Å². The molecular weight excluding hydrogens is 274 g/mol. The smallest absolute Gasteiger partial charge is 0.142 e. The molecule has 7 nitrogen and oxygen atoms in total. The molecule has 0 spiro atoms. The molecule has 0 radical (unpaired) electrons. The molecule has 1 aromatic rings. The Labute approximate surface area is 115 Å². The first-order valence-corrected chi connectivity index (χ1v) is 5.93. The van der Waals surface area contributed by atoms with Crippen LogP contribution in [0.3, 0.4) is 0 Å². The molecule has 0 aliphatic rings. The van der Waals surface area contributed by atoms with E-state index in [4.69, 9.17) is 11.6 Å². The van der Waals surface area contributed by atoms with Crippen molar-refractivity contribution in [1.82, 2.24) is 4.98 Å². The lowest BCUT2D eigenvalue weighted by atomic mass is 10.4. The number of carbonyl (C=O) groups excluding carboxylic acids is 2. The molecule has 0 aliphatic carbocycles. The zero-order valence-electron chi connectivity index (χ0n) is 10.4. The fourth-order valence-corrected chi connectivity index (χ4v) is 1.71. The van der Waals surface area contributed by atoms with Gasteiger partial charge in [-0.2, -0.15) is 0 Å². The fraction of sp³-hybridized carbons (Fsp3) is 0.364. The summed E-state index contributed by atoms with van der Waals surface area (Å²) in [5.74, 6) is 0.00870. The van der Waals surface area contributed by atoms with E-state index in [1.807, 2.05) is 0 Å². The number of hydrogen-bond donors (Lipinski definition) is 0. The van der Waals surface area contributed by atoms with Gasteiger partial charge in [-0.05, 0) is 26.0 Å². The highest BCUT2D eigenvalue weighted by Gasteiger charge is 2.13. The molecule has 2 amide bonds. The van der Waals surface area contributed by atoms with Gasteiger partial charge in [0.2, 0.25) is 0 Å². The van der Waals surface area contributed by atoms with Crippen LogP contribution in [0.4, 0.5) is 21.2 Å². The quantitative estimate of drug-likeness (QED) is 0.779. The number of amides is 2. The average Bonchev–Trinajstić information content (AvgIpc) is 2.28. The van der Waals surface area contributed by atoms with Crippen molar-refractivity contribution in [1.29, 1.82) is 0 Å². The standard InChI is InChI=1S/C11H14ClN3O4/c1-3-14(10(16)17)8-5-7(12)6-9(13-8)15(4-2)11(18)19/h5-6H,3-4H2,1-2H3,(H,16,17)(H,18,19)/p-2. The first kappa shape index (κ1) is 15.0. The number of anilines is 2. The van der Waals surface area contributed by atoms with Gasteiger partial charge in [-0.3, -0.25) is 0 Å². The molecule has 0 N–H and O–H groups in total. The Kier molecular flexibility index (Phi) is 4.94. The molecule has 0 saturated carbocycles. The average molecular weight is 286 g/mol. The Morgan fingerprint density at radius 1 is 1.11 bits per heavy atom. The summed E-state index contributed by atoms with van der Waals surface area (Å²) in [7, 11) is 0. The normalized spacial score (nSPS) is 10.1. The van der Waals surface area contributed by atoms with Crippen LogP contribution in [0.1, 0.15) is 13.8 Å². The maximum absolute atomic E-state index is 10.9. The minimum Gasteiger partial charge on any atom is -0.530 e. The highest BCUT2D eigenvalue weighted by molar-refractivity contribution is 6.31. The second kappa shape index (κ2) is 6.24. The Bertz CT molecular complexity index is 455. The second-order valence-electron chi connectivity index (χ2n) is 3.52. The summed E-state index contributed by atoms with van der Waals surface area (Å²) in [6.45, 7) is 3.39. The molecule has 0 unspecified atom stereocenters. The van der Waals surface area contributed by atoms with E-state index in [2.05, 4.69) is 4.98 Å². The first-order chi connectivity index (χ1) is 8.90. The lowest BCUT2D eigenvalue weighted by Gasteiger charge is -2.26. The summed E-state index contributed by atoms with van der Waals surface area (Å²) in [5.41, 5.74) is 0. The van der Waals surface area contributed by atoms with Crippen LogP contribution in [0.15, 0.2) is 12.1 Å². The molecular formula is C11H12ClN3O4-2. The van der Waals surface area contributed by atoms with E-state index in [1.54, 1.807) is 13.8 Å². The molecule has 19 heavy (non-hydrogen) atoms. The van der Waals surface area contributed by atoms with Crippen LogP contribution < -0.4 is 20.0 Å². The van der Waals surface area contributed by atoms with E-state index >= 15 is 0 Å². The van der Waals surface area contributed by atoms with Gasteiger partial charge in [0.1, 0.15) is 23.8 Å². The van der Waals surface area contributed by atoms with Crippen LogP contribution in [-0.2, 0) is 0 Å². The van der Waals surface area contributed by atoms with Gasteiger partial charge in [-0.15, -0.1) is 0 Å². The predicted octanol–water partition coefficient (Wildman–Crippen LogP) is 0.0742. The van der Waals surface area contributed by atoms with Crippen LogP contribution in [0.5, 0.6) is 0 Å². The number of hydrogen-bond acceptors (Lipinski definition) is 5. The molecule has 1 rings (SSSR count). The van der Waals surface area contributed by atoms with Crippen molar-refractivity contribution in [2.24, 2.45) is 0 Å². The van der Waals surface area contributed by atoms with Gasteiger partial charge in [0.15, 0.2) is 0 Å². The van der Waals surface area contributed by atoms with E-state index in [9.17, 15) is 19.8 Å². The molecule has 0 saturated heterocycles. The van der Waals surface area contributed by atoms with Gasteiger partial charge in [-0.1, -0.05) is 11.6 Å². The van der Waals surface area contributed by atoms with Crippen LogP contribution in [-0.4, -0.2) is 30.3 Å². The fourth-order valence-electron chi connectivity index (χ4n) is 1.52. The van der Waals surface area contributed by atoms with Gasteiger partial charge >= 0.3 is 0 Å². The molecule has 0 atom stereocenters. The van der Waals surface area contributed by atoms with Gasteiger partial charge < -0.3 is 29.6 Å². The highest BCUT2D eigenvalue weighted by atomic mass is 35.5. The minimum atomic E-state index is -1.44. The Morgan fingerprint density at radius 2 is 1.47 bits per heavy atom. The van der Waals surface area contributed by atoms with Gasteiger partial charge in [0.05, 0.1) is 0 Å². The lowest BCUT2D eigenvalue weighted by Crippen LogP contribution is -2.43. The summed E-state index contributed by atoms with van der Waals surface area (Å²) < 4.78 is 0. The zero-order chi connectivity index (χ0) is 14.6. The molecule has 0 bridgehead atoms. The summed E-state index contributed by atoms with van der Waals surface area (Å²) in [6, 6.07) is 2.63. The summed E-state index contributed by atoms with van der Waals surface area (Å²) in [6.07, 6.45) is -2.89. The monoisotopic (exact) mass is 285 g/mol. The highest BCUT2D eigenvalue weighted by Crippen LogP contribution is 2.23. The summed E-state index contributed by atoms with van der Waals surface area (Å²) in [5, 5.41) is 22.0. The van der Waals surface area contributed by atoms with E-state index in [0.717, 1.165) is 9.80 Å². The number of nitrogens with zero attached hydrogens (tertiary/aromatic N) is 3. The molecule has 0 aromatic carbocycles. The van der Waals surface area contributed by atoms with E-state index < -0.39 is 12.2 Å². The maximum atomic E-state index is 10.9. The van der Waals surface area contributed by atoms with Crippen LogP contribution in [0, 0.1) is 0 Å². The van der Waals surface area contributed by atoms with Crippen molar-refractivity contribution in [3.8, 4) is 0 Å². The number of carbonyl (C=O) groups is 2. The van der Waals surface area contributed by atoms with Crippen molar-refractivity contribution >= 4 is 35.4 Å². The minimum absolute atomic E-state index is 0.00435. The van der Waals surface area contributed by atoms with Crippen molar-refractivity contribution in [2.75, 3.05) is 22.9 Å². The molecule has 1 aromatic heterocycles. The topological polar surface area (TPSA) is 99.6 Å². The predicted molar refractivity (Wildman–Crippen MR) is 66.1 cm³/mol. The van der Waals surface area contributed by atoms with E-state index in [1.165, 1.54) is 12.1 Å². The largest absolute Gasteiger partial charge is 0.530 e. The Hall–Kier alpha value is -2.02. The lowest BCUT2D eigenvalue weighted by molar-refractivity contribution is -0.247. The van der Waals surface area contributed by atoms with Crippen molar-refractivity contribution in [2.45, 2.75) is 13.8 Å². The van der Waals surface area contributed by atoms with Gasteiger partial charge in [-0.25, -0.2) is 4.98 Å². The van der Waals surface area contributed by atoms with E-state index in [0.29, 0.717) is 0 Å². The molecule has 104 valence electrons. The molecule has 0 fully saturated rings. The van der Waals surface area contributed by atoms with Crippen molar-refractivity contribution in [3.63, 3.8) is 0 Å². The molecule has 1 heterocycles. The third kappa shape index (κ3) is 3.47.